The number of hydrogen-bond donors (Lipinski definition) is 0. The standard InChI is InChI=1S/C15H14FNO3/c1-10-3-4-12(7-11(10)2)9-20-15-8-13(16)5-6-14(15)17(18)19/h3-8H,9H2,1-2H3. The lowest BCUT2D eigenvalue weighted by Gasteiger charge is -2.08. The van der Waals surface area contributed by atoms with Crippen molar-refractivity contribution in [2.24, 2.45) is 0 Å². The van der Waals surface area contributed by atoms with Gasteiger partial charge in [0.1, 0.15) is 12.4 Å². The van der Waals surface area contributed by atoms with Crippen LogP contribution in [-0.2, 0) is 6.61 Å². The SMILES string of the molecule is Cc1ccc(COc2cc(F)ccc2[N+](=O)[O-])cc1C. The van der Waals surface area contributed by atoms with E-state index >= 15 is 0 Å². The number of ether oxygens (including phenoxy) is 1. The first-order valence-corrected chi connectivity index (χ1v) is 6.10. The van der Waals surface area contributed by atoms with Gasteiger partial charge in [0.25, 0.3) is 0 Å². The number of nitrogens with zero attached hydrogens (tertiary/aromatic N) is 1. The van der Waals surface area contributed by atoms with Crippen molar-refractivity contribution in [1.29, 1.82) is 0 Å². The summed E-state index contributed by atoms with van der Waals surface area (Å²) in [7, 11) is 0. The molecule has 0 aliphatic carbocycles. The highest BCUT2D eigenvalue weighted by atomic mass is 19.1. The number of hydrogen-bond acceptors (Lipinski definition) is 3. The maximum absolute atomic E-state index is 13.2. The van der Waals surface area contributed by atoms with E-state index < -0.39 is 10.7 Å². The molecule has 2 aromatic carbocycles. The second-order valence-electron chi connectivity index (χ2n) is 4.58. The number of rotatable bonds is 4. The fourth-order valence-electron chi connectivity index (χ4n) is 1.81. The van der Waals surface area contributed by atoms with E-state index in [0.29, 0.717) is 0 Å². The van der Waals surface area contributed by atoms with Gasteiger partial charge in [-0.15, -0.1) is 0 Å². The molecule has 0 aliphatic heterocycles. The van der Waals surface area contributed by atoms with Crippen LogP contribution in [0.3, 0.4) is 0 Å². The molecule has 0 bridgehead atoms. The van der Waals surface area contributed by atoms with Crippen molar-refractivity contribution in [2.75, 3.05) is 0 Å². The summed E-state index contributed by atoms with van der Waals surface area (Å²) in [4.78, 5) is 10.3. The first-order chi connectivity index (χ1) is 9.47. The first kappa shape index (κ1) is 14.0. The Kier molecular flexibility index (Phi) is 3.98. The molecule has 0 unspecified atom stereocenters. The third kappa shape index (κ3) is 3.12. The Morgan fingerprint density at radius 3 is 2.55 bits per heavy atom. The molecule has 20 heavy (non-hydrogen) atoms. The minimum absolute atomic E-state index is 0.0618. The molecule has 0 saturated heterocycles. The summed E-state index contributed by atoms with van der Waals surface area (Å²) < 4.78 is 18.5. The molecule has 5 heteroatoms. The van der Waals surface area contributed by atoms with Gasteiger partial charge in [0.2, 0.25) is 0 Å². The zero-order valence-corrected chi connectivity index (χ0v) is 11.2. The van der Waals surface area contributed by atoms with Crippen LogP contribution in [0.5, 0.6) is 5.75 Å². The topological polar surface area (TPSA) is 52.4 Å². The van der Waals surface area contributed by atoms with Crippen LogP contribution in [0.1, 0.15) is 16.7 Å². The van der Waals surface area contributed by atoms with Gasteiger partial charge in [-0.25, -0.2) is 4.39 Å². The maximum atomic E-state index is 13.2. The van der Waals surface area contributed by atoms with Gasteiger partial charge in [0.05, 0.1) is 4.92 Å². The average molecular weight is 275 g/mol. The van der Waals surface area contributed by atoms with Crippen molar-refractivity contribution >= 4 is 5.69 Å². The highest BCUT2D eigenvalue weighted by Gasteiger charge is 2.15. The molecule has 0 saturated carbocycles. The fraction of sp³-hybridized carbons (Fsp3) is 0.200. The molecule has 2 aromatic rings. The van der Waals surface area contributed by atoms with E-state index in [2.05, 4.69) is 0 Å². The number of halogens is 1. The Hall–Kier alpha value is -2.43. The third-order valence-electron chi connectivity index (χ3n) is 3.08. The van der Waals surface area contributed by atoms with Crippen molar-refractivity contribution in [1.82, 2.24) is 0 Å². The summed E-state index contributed by atoms with van der Waals surface area (Å²) in [5, 5.41) is 10.8. The molecular formula is C15H14FNO3. The van der Waals surface area contributed by atoms with Crippen molar-refractivity contribution in [2.45, 2.75) is 20.5 Å². The van der Waals surface area contributed by atoms with Gasteiger partial charge in [-0.3, -0.25) is 10.1 Å². The van der Waals surface area contributed by atoms with Crippen LogP contribution >= 0.6 is 0 Å². The summed E-state index contributed by atoms with van der Waals surface area (Å²) in [5.74, 6) is -0.626. The van der Waals surface area contributed by atoms with E-state index in [-0.39, 0.29) is 18.0 Å². The lowest BCUT2D eigenvalue weighted by Crippen LogP contribution is -2.00. The average Bonchev–Trinajstić information content (AvgIpc) is 2.40. The molecule has 0 spiro atoms. The van der Waals surface area contributed by atoms with Gasteiger partial charge in [0, 0.05) is 12.1 Å². The molecule has 0 N–H and O–H groups in total. The molecule has 0 aromatic heterocycles. The predicted molar refractivity (Wildman–Crippen MR) is 73.3 cm³/mol. The zero-order chi connectivity index (χ0) is 14.7. The maximum Gasteiger partial charge on any atom is 0.311 e. The third-order valence-corrected chi connectivity index (χ3v) is 3.08. The largest absolute Gasteiger partial charge is 0.482 e. The second-order valence-corrected chi connectivity index (χ2v) is 4.58. The molecule has 0 heterocycles. The minimum Gasteiger partial charge on any atom is -0.482 e. The Bertz CT molecular complexity index is 656. The van der Waals surface area contributed by atoms with Crippen LogP contribution in [0.4, 0.5) is 10.1 Å². The molecule has 0 radical (unpaired) electrons. The Morgan fingerprint density at radius 1 is 1.15 bits per heavy atom. The van der Waals surface area contributed by atoms with Crippen molar-refractivity contribution in [3.8, 4) is 5.75 Å². The summed E-state index contributed by atoms with van der Waals surface area (Å²) in [6, 6.07) is 8.95. The van der Waals surface area contributed by atoms with Crippen molar-refractivity contribution in [3.63, 3.8) is 0 Å². The summed E-state index contributed by atoms with van der Waals surface area (Å²) >= 11 is 0. The number of benzene rings is 2. The van der Waals surface area contributed by atoms with Crippen molar-refractivity contribution in [3.05, 3.63) is 69.0 Å². The highest BCUT2D eigenvalue weighted by Crippen LogP contribution is 2.28. The molecule has 0 fully saturated rings. The fourth-order valence-corrected chi connectivity index (χ4v) is 1.81. The Labute approximate surface area is 116 Å². The zero-order valence-electron chi connectivity index (χ0n) is 11.2. The smallest absolute Gasteiger partial charge is 0.311 e. The number of nitro groups is 1. The van der Waals surface area contributed by atoms with Gasteiger partial charge >= 0.3 is 5.69 Å². The van der Waals surface area contributed by atoms with E-state index in [4.69, 9.17) is 4.74 Å². The van der Waals surface area contributed by atoms with Gasteiger partial charge in [-0.1, -0.05) is 18.2 Å². The molecule has 0 aliphatic rings. The lowest BCUT2D eigenvalue weighted by molar-refractivity contribution is -0.386. The summed E-state index contributed by atoms with van der Waals surface area (Å²) in [6.45, 7) is 4.13. The Balaban J connectivity index is 2.20. The second kappa shape index (κ2) is 5.69. The van der Waals surface area contributed by atoms with Crippen LogP contribution in [0, 0.1) is 29.8 Å². The molecule has 2 rings (SSSR count). The van der Waals surface area contributed by atoms with Crippen molar-refractivity contribution < 1.29 is 14.1 Å². The monoisotopic (exact) mass is 275 g/mol. The predicted octanol–water partition coefficient (Wildman–Crippen LogP) is 3.93. The van der Waals surface area contributed by atoms with Crippen LogP contribution < -0.4 is 4.74 Å². The summed E-state index contributed by atoms with van der Waals surface area (Å²) in [5.41, 5.74) is 2.91. The molecule has 104 valence electrons. The van der Waals surface area contributed by atoms with Gasteiger partial charge in [-0.05, 0) is 36.6 Å². The van der Waals surface area contributed by atoms with Crippen LogP contribution in [0.15, 0.2) is 36.4 Å². The Morgan fingerprint density at radius 2 is 1.90 bits per heavy atom. The molecule has 0 amide bonds. The minimum atomic E-state index is -0.588. The number of nitro benzene ring substituents is 1. The quantitative estimate of drug-likeness (QED) is 0.627. The van der Waals surface area contributed by atoms with Crippen LogP contribution in [-0.4, -0.2) is 4.92 Å². The molecule has 4 nitrogen and oxygen atoms in total. The highest BCUT2D eigenvalue weighted by molar-refractivity contribution is 5.46. The normalized spacial score (nSPS) is 10.3. The van der Waals surface area contributed by atoms with Crippen LogP contribution in [0.2, 0.25) is 0 Å². The van der Waals surface area contributed by atoms with Gasteiger partial charge in [-0.2, -0.15) is 0 Å². The molecule has 0 atom stereocenters. The van der Waals surface area contributed by atoms with E-state index in [0.717, 1.165) is 34.9 Å². The van der Waals surface area contributed by atoms with E-state index in [1.54, 1.807) is 0 Å². The van der Waals surface area contributed by atoms with E-state index in [1.807, 2.05) is 32.0 Å². The first-order valence-electron chi connectivity index (χ1n) is 6.10. The van der Waals surface area contributed by atoms with Crippen LogP contribution in [0.25, 0.3) is 0 Å². The number of aryl methyl sites for hydroxylation is 2. The van der Waals surface area contributed by atoms with Gasteiger partial charge in [0.15, 0.2) is 5.75 Å². The van der Waals surface area contributed by atoms with E-state index in [9.17, 15) is 14.5 Å². The lowest BCUT2D eigenvalue weighted by atomic mass is 10.1. The summed E-state index contributed by atoms with van der Waals surface area (Å²) in [6.07, 6.45) is 0. The van der Waals surface area contributed by atoms with E-state index in [1.165, 1.54) is 0 Å². The molecular weight excluding hydrogens is 261 g/mol. The van der Waals surface area contributed by atoms with Gasteiger partial charge < -0.3 is 4.74 Å².